The van der Waals surface area contributed by atoms with Gasteiger partial charge >= 0.3 is 0 Å². The monoisotopic (exact) mass is 976 g/mol. The Morgan fingerprint density at radius 2 is 0.640 bits per heavy atom. The van der Waals surface area contributed by atoms with Gasteiger partial charge in [0.1, 0.15) is 0 Å². The standard InChI is InChI=1S/C74H73N/c1-69(2,3)49-28-23-46(24-29-49)48-27-36-55(47-25-30-50(31-26-47)70(4,5)6)68(41-48)75(53-34-39-58-56-19-15-17-21-62(56)73(13,14)64(58)44-53)54-35-40-61-57-20-16-18-22-63(57)74(67(61)45-54)65-42-51(71(7,8)9)32-37-59(65)60-38-33-52(43-66(60)74)72(10,11)12/h15-45H,1-14H3. The normalized spacial score (nSPS) is 14.7. The molecule has 9 aromatic carbocycles. The van der Waals surface area contributed by atoms with Gasteiger partial charge in [0.2, 0.25) is 0 Å². The van der Waals surface area contributed by atoms with E-state index >= 15 is 0 Å². The molecule has 0 fully saturated rings. The van der Waals surface area contributed by atoms with Crippen LogP contribution < -0.4 is 4.90 Å². The lowest BCUT2D eigenvalue weighted by atomic mass is 9.68. The van der Waals surface area contributed by atoms with Gasteiger partial charge in [0.05, 0.1) is 11.1 Å². The highest BCUT2D eigenvalue weighted by Gasteiger charge is 2.52. The molecule has 75 heavy (non-hydrogen) atoms. The highest BCUT2D eigenvalue weighted by molar-refractivity contribution is 5.98. The molecule has 0 saturated carbocycles. The summed E-state index contributed by atoms with van der Waals surface area (Å²) < 4.78 is 0. The van der Waals surface area contributed by atoms with Crippen molar-refractivity contribution in [3.8, 4) is 55.6 Å². The van der Waals surface area contributed by atoms with Crippen molar-refractivity contribution in [2.45, 2.75) is 129 Å². The van der Waals surface area contributed by atoms with Gasteiger partial charge in [-0.15, -0.1) is 0 Å². The maximum atomic E-state index is 2.60. The van der Waals surface area contributed by atoms with Crippen LogP contribution in [0.3, 0.4) is 0 Å². The minimum Gasteiger partial charge on any atom is -0.310 e. The number of nitrogens with zero attached hydrogens (tertiary/aromatic N) is 1. The molecule has 0 bridgehead atoms. The molecule has 0 aliphatic heterocycles. The number of rotatable bonds is 5. The summed E-state index contributed by atoms with van der Waals surface area (Å²) >= 11 is 0. The summed E-state index contributed by atoms with van der Waals surface area (Å²) in [6, 6.07) is 73.6. The first-order valence-corrected chi connectivity index (χ1v) is 27.4. The zero-order valence-electron chi connectivity index (χ0n) is 46.8. The Morgan fingerprint density at radius 3 is 1.15 bits per heavy atom. The van der Waals surface area contributed by atoms with Gasteiger partial charge in [-0.2, -0.15) is 0 Å². The summed E-state index contributed by atoms with van der Waals surface area (Å²) in [5.41, 5.74) is 28.9. The molecule has 0 radical (unpaired) electrons. The Morgan fingerprint density at radius 1 is 0.280 bits per heavy atom. The van der Waals surface area contributed by atoms with Gasteiger partial charge in [0, 0.05) is 22.4 Å². The van der Waals surface area contributed by atoms with E-state index in [0.717, 1.165) is 17.1 Å². The van der Waals surface area contributed by atoms with Crippen molar-refractivity contribution in [2.24, 2.45) is 0 Å². The number of hydrogen-bond acceptors (Lipinski definition) is 1. The predicted molar refractivity (Wildman–Crippen MR) is 321 cm³/mol. The summed E-state index contributed by atoms with van der Waals surface area (Å²) in [7, 11) is 0. The molecular formula is C74H73N. The molecule has 3 aliphatic rings. The predicted octanol–water partition coefficient (Wildman–Crippen LogP) is 20.3. The molecule has 1 heteroatoms. The first-order valence-electron chi connectivity index (χ1n) is 27.4. The van der Waals surface area contributed by atoms with E-state index in [2.05, 4.69) is 290 Å². The summed E-state index contributed by atoms with van der Waals surface area (Å²) in [6.45, 7) is 32.7. The summed E-state index contributed by atoms with van der Waals surface area (Å²) in [5, 5.41) is 0. The molecule has 3 aliphatic carbocycles. The molecule has 0 N–H and O–H groups in total. The van der Waals surface area contributed by atoms with Crippen molar-refractivity contribution in [2.75, 3.05) is 4.90 Å². The largest absolute Gasteiger partial charge is 0.310 e. The second kappa shape index (κ2) is 16.6. The SMILES string of the molecule is CC(C)(C)c1ccc(-c2ccc(-c3ccc(C(C)(C)C)cc3)c(N(c3ccc4c(c3)C(C)(C)c3ccccc3-4)c3ccc4c(c3)C3(c5ccccc5-4)c4cc(C(C)(C)C)ccc4-c4ccc(C(C)(C)C)cc43)c2)cc1. The molecule has 1 nitrogen and oxygen atoms in total. The fourth-order valence-electron chi connectivity index (χ4n) is 13.0. The lowest BCUT2D eigenvalue weighted by molar-refractivity contribution is 0.586. The first-order chi connectivity index (χ1) is 35.5. The Balaban J connectivity index is 1.17. The number of anilines is 3. The third-order valence-electron chi connectivity index (χ3n) is 17.4. The van der Waals surface area contributed by atoms with Gasteiger partial charge in [-0.05, 0) is 158 Å². The minimum absolute atomic E-state index is 0.0297. The maximum absolute atomic E-state index is 2.60. The second-order valence-electron chi connectivity index (χ2n) is 26.7. The molecule has 0 amide bonds. The molecule has 0 aromatic heterocycles. The van der Waals surface area contributed by atoms with Gasteiger partial charge in [0.15, 0.2) is 0 Å². The Kier molecular flexibility index (Phi) is 10.8. The smallest absolute Gasteiger partial charge is 0.0726 e. The quantitative estimate of drug-likeness (QED) is 0.166. The van der Waals surface area contributed by atoms with Gasteiger partial charge in [0.25, 0.3) is 0 Å². The van der Waals surface area contributed by atoms with Crippen molar-refractivity contribution in [1.29, 1.82) is 0 Å². The van der Waals surface area contributed by atoms with Crippen molar-refractivity contribution in [3.05, 3.63) is 244 Å². The van der Waals surface area contributed by atoms with E-state index < -0.39 is 5.41 Å². The highest BCUT2D eigenvalue weighted by atomic mass is 15.1. The lowest BCUT2D eigenvalue weighted by Gasteiger charge is -2.34. The van der Waals surface area contributed by atoms with E-state index in [1.807, 2.05) is 0 Å². The van der Waals surface area contributed by atoms with E-state index in [-0.39, 0.29) is 27.1 Å². The summed E-state index contributed by atoms with van der Waals surface area (Å²) in [5.74, 6) is 0. The molecule has 0 atom stereocenters. The van der Waals surface area contributed by atoms with Crippen LogP contribution in [0.15, 0.2) is 188 Å². The van der Waals surface area contributed by atoms with Crippen LogP contribution in [0.4, 0.5) is 17.1 Å². The molecule has 0 saturated heterocycles. The average Bonchev–Trinajstić information content (AvgIpc) is 4.06. The van der Waals surface area contributed by atoms with Gasteiger partial charge in [-0.3, -0.25) is 0 Å². The molecule has 12 rings (SSSR count). The fraction of sp³-hybridized carbons (Fsp3) is 0.270. The van der Waals surface area contributed by atoms with Gasteiger partial charge < -0.3 is 4.90 Å². The van der Waals surface area contributed by atoms with E-state index in [4.69, 9.17) is 0 Å². The van der Waals surface area contributed by atoms with Crippen LogP contribution in [0, 0.1) is 0 Å². The average molecular weight is 976 g/mol. The lowest BCUT2D eigenvalue weighted by Crippen LogP contribution is -2.27. The molecule has 0 unspecified atom stereocenters. The zero-order valence-corrected chi connectivity index (χ0v) is 46.8. The van der Waals surface area contributed by atoms with E-state index in [9.17, 15) is 0 Å². The van der Waals surface area contributed by atoms with Crippen LogP contribution in [0.25, 0.3) is 55.6 Å². The fourth-order valence-corrected chi connectivity index (χ4v) is 13.0. The first kappa shape index (κ1) is 48.7. The van der Waals surface area contributed by atoms with Crippen molar-refractivity contribution < 1.29 is 0 Å². The highest BCUT2D eigenvalue weighted by Crippen LogP contribution is 2.64. The Hall–Kier alpha value is -7.22. The van der Waals surface area contributed by atoms with E-state index in [1.165, 1.54) is 111 Å². The Labute approximate surface area is 448 Å². The van der Waals surface area contributed by atoms with Crippen LogP contribution >= 0.6 is 0 Å². The van der Waals surface area contributed by atoms with Crippen LogP contribution in [0.1, 0.15) is 153 Å². The molecular weight excluding hydrogens is 903 g/mol. The zero-order chi connectivity index (χ0) is 52.8. The van der Waals surface area contributed by atoms with Crippen molar-refractivity contribution in [3.63, 3.8) is 0 Å². The van der Waals surface area contributed by atoms with E-state index in [1.54, 1.807) is 0 Å². The summed E-state index contributed by atoms with van der Waals surface area (Å²) in [6.07, 6.45) is 0. The minimum atomic E-state index is -0.551. The number of hydrogen-bond donors (Lipinski definition) is 0. The van der Waals surface area contributed by atoms with Gasteiger partial charge in [-0.1, -0.05) is 255 Å². The summed E-state index contributed by atoms with van der Waals surface area (Å²) in [4.78, 5) is 2.60. The number of benzene rings is 9. The molecule has 9 aromatic rings. The third-order valence-corrected chi connectivity index (χ3v) is 17.4. The van der Waals surface area contributed by atoms with E-state index in [0.29, 0.717) is 0 Å². The topological polar surface area (TPSA) is 3.24 Å². The number of fused-ring (bicyclic) bond motifs is 13. The van der Waals surface area contributed by atoms with Crippen molar-refractivity contribution >= 4 is 17.1 Å². The maximum Gasteiger partial charge on any atom is 0.0726 e. The van der Waals surface area contributed by atoms with Crippen LogP contribution in [-0.2, 0) is 32.5 Å². The molecule has 0 heterocycles. The molecule has 1 spiro atoms. The molecule has 374 valence electrons. The van der Waals surface area contributed by atoms with Crippen LogP contribution in [0.2, 0.25) is 0 Å². The second-order valence-corrected chi connectivity index (χ2v) is 26.7. The van der Waals surface area contributed by atoms with Gasteiger partial charge in [-0.25, -0.2) is 0 Å². The third kappa shape index (κ3) is 7.62. The van der Waals surface area contributed by atoms with Crippen LogP contribution in [-0.4, -0.2) is 0 Å². The van der Waals surface area contributed by atoms with Crippen LogP contribution in [0.5, 0.6) is 0 Å². The van der Waals surface area contributed by atoms with Crippen molar-refractivity contribution in [1.82, 2.24) is 0 Å². The Bertz CT molecular complexity index is 3690.